The van der Waals surface area contributed by atoms with Gasteiger partial charge in [0.2, 0.25) is 5.88 Å². The summed E-state index contributed by atoms with van der Waals surface area (Å²) < 4.78 is 10.7. The number of carbonyl (C=O) groups is 1. The second-order valence-electron chi connectivity index (χ2n) is 11.6. The van der Waals surface area contributed by atoms with Gasteiger partial charge in [-0.2, -0.15) is 0 Å². The van der Waals surface area contributed by atoms with Gasteiger partial charge in [-0.25, -0.2) is 14.6 Å². The lowest BCUT2D eigenvalue weighted by Crippen LogP contribution is -2.40. The third kappa shape index (κ3) is 5.85. The number of anilines is 2. The molecule has 2 N–H and O–H groups in total. The minimum absolute atomic E-state index is 0.123. The van der Waals surface area contributed by atoms with Crippen molar-refractivity contribution < 1.29 is 9.53 Å². The van der Waals surface area contributed by atoms with Crippen LogP contribution in [0.2, 0.25) is 0 Å². The number of ether oxygens (including phenoxy) is 1. The molecule has 206 valence electrons. The molecule has 7 rings (SSSR count). The number of aromatic nitrogens is 4. The van der Waals surface area contributed by atoms with Gasteiger partial charge in [0.15, 0.2) is 5.82 Å². The molecule has 1 saturated carbocycles. The van der Waals surface area contributed by atoms with Crippen LogP contribution in [0.5, 0.6) is 5.88 Å². The minimum Gasteiger partial charge on any atom is -0.476 e. The van der Waals surface area contributed by atoms with E-state index in [0.717, 1.165) is 49.5 Å². The van der Waals surface area contributed by atoms with E-state index in [1.807, 2.05) is 36.5 Å². The number of amides is 1. The van der Waals surface area contributed by atoms with Crippen molar-refractivity contribution in [3.8, 4) is 11.7 Å². The van der Waals surface area contributed by atoms with Gasteiger partial charge in [-0.3, -0.25) is 9.52 Å². The summed E-state index contributed by atoms with van der Waals surface area (Å²) in [6.07, 6.45) is 11.9. The Kier molecular flexibility index (Phi) is 7.38. The molecule has 0 radical (unpaired) electrons. The van der Waals surface area contributed by atoms with Gasteiger partial charge in [-0.15, -0.1) is 5.10 Å². The number of pyridine rings is 2. The monoisotopic (exact) mass is 547 g/mol. The van der Waals surface area contributed by atoms with E-state index in [1.54, 1.807) is 10.9 Å². The number of rotatable bonds is 4. The van der Waals surface area contributed by atoms with Crippen molar-refractivity contribution in [3.63, 3.8) is 0 Å². The van der Waals surface area contributed by atoms with Crippen LogP contribution in [0.15, 0.2) is 47.6 Å². The first-order valence-corrected chi connectivity index (χ1v) is 14.9. The lowest BCUT2D eigenvalue weighted by molar-refractivity contribution is 0.0984. The smallest absolute Gasteiger partial charge is 0.265 e. The lowest BCUT2D eigenvalue weighted by atomic mass is 9.86. The van der Waals surface area contributed by atoms with Gasteiger partial charge in [0, 0.05) is 42.0 Å². The van der Waals surface area contributed by atoms with E-state index >= 15 is 0 Å². The molecule has 1 unspecified atom stereocenters. The molecule has 0 aromatic carbocycles. The van der Waals surface area contributed by atoms with E-state index in [1.165, 1.54) is 31.2 Å². The van der Waals surface area contributed by atoms with Crippen LogP contribution in [0, 0.1) is 11.8 Å². The fourth-order valence-electron chi connectivity index (χ4n) is 5.76. The third-order valence-corrected chi connectivity index (χ3v) is 8.92. The van der Waals surface area contributed by atoms with Crippen molar-refractivity contribution in [1.29, 1.82) is 0 Å². The Morgan fingerprint density at radius 3 is 2.79 bits per heavy atom. The Morgan fingerprint density at radius 1 is 1.10 bits per heavy atom. The van der Waals surface area contributed by atoms with Crippen molar-refractivity contribution in [2.45, 2.75) is 69.2 Å². The van der Waals surface area contributed by atoms with Gasteiger partial charge in [0.1, 0.15) is 11.6 Å². The molecule has 1 amide bonds. The van der Waals surface area contributed by atoms with Gasteiger partial charge < -0.3 is 15.0 Å². The fraction of sp³-hybridized carbons (Fsp3) is 0.517. The summed E-state index contributed by atoms with van der Waals surface area (Å²) in [7, 11) is 0. The van der Waals surface area contributed by atoms with Crippen LogP contribution >= 0.6 is 11.9 Å². The topological polar surface area (TPSA) is 97.2 Å². The van der Waals surface area contributed by atoms with E-state index in [4.69, 9.17) is 9.72 Å². The molecule has 10 heteroatoms. The van der Waals surface area contributed by atoms with Crippen LogP contribution in [0.25, 0.3) is 5.82 Å². The normalized spacial score (nSPS) is 21.4. The Labute approximate surface area is 234 Å². The van der Waals surface area contributed by atoms with Crippen molar-refractivity contribution in [3.05, 3.63) is 48.3 Å². The van der Waals surface area contributed by atoms with Crippen molar-refractivity contribution in [2.24, 2.45) is 11.8 Å². The van der Waals surface area contributed by atoms with Gasteiger partial charge in [-0.1, -0.05) is 12.8 Å². The largest absolute Gasteiger partial charge is 0.476 e. The van der Waals surface area contributed by atoms with E-state index in [2.05, 4.69) is 38.9 Å². The number of hydrogen-bond donors (Lipinski definition) is 2. The number of hydrogen-bond acceptors (Lipinski definition) is 8. The molecule has 3 aliphatic heterocycles. The van der Waals surface area contributed by atoms with E-state index in [9.17, 15) is 4.79 Å². The van der Waals surface area contributed by atoms with Crippen LogP contribution in [-0.2, 0) is 0 Å². The molecule has 39 heavy (non-hydrogen) atoms. The van der Waals surface area contributed by atoms with E-state index < -0.39 is 0 Å². The highest BCUT2D eigenvalue weighted by atomic mass is 32.2. The molecule has 1 aliphatic carbocycles. The van der Waals surface area contributed by atoms with Gasteiger partial charge in [0.05, 0.1) is 12.2 Å². The van der Waals surface area contributed by atoms with Gasteiger partial charge >= 0.3 is 0 Å². The Bertz CT molecular complexity index is 1310. The molecule has 0 spiro atoms. The van der Waals surface area contributed by atoms with Crippen LogP contribution in [0.1, 0.15) is 69.2 Å². The molecule has 6 heterocycles. The minimum atomic E-state index is -0.176. The summed E-state index contributed by atoms with van der Waals surface area (Å²) in [5.74, 6) is 3.85. The second kappa shape index (κ2) is 11.1. The number of fused-ring (bicyclic) bond motifs is 8. The molecule has 3 aromatic rings. The summed E-state index contributed by atoms with van der Waals surface area (Å²) in [5.41, 5.74) is 0.437. The number of carbonyl (C=O) groups excluding carboxylic acids is 1. The maximum absolute atomic E-state index is 13.5. The molecule has 3 aromatic heterocycles. The Balaban J connectivity index is 1.30. The molecule has 4 bridgehead atoms. The van der Waals surface area contributed by atoms with Crippen LogP contribution in [-0.4, -0.2) is 50.9 Å². The molecular weight excluding hydrogens is 510 g/mol. The van der Waals surface area contributed by atoms with Gasteiger partial charge in [-0.05, 0) is 94.0 Å². The Hall–Kier alpha value is -3.27. The zero-order valence-corrected chi connectivity index (χ0v) is 23.5. The average Bonchev–Trinajstić information content (AvgIpc) is 3.49. The standard InChI is InChI=1S/C29H37N7O2S/c1-29(2)16-21-6-3-4-14-30-24-11-9-22(17-31-24)39-34-28(37)23-10-12-25(32-27(23)35(29)18-21)36-15-13-26(33-36)38-19-20-7-5-8-20/h9-13,15,17,20-21H,3-8,14,16,18-19H2,1-2H3,(H,30,31)(H,34,37). The van der Waals surface area contributed by atoms with Crippen LogP contribution in [0.3, 0.4) is 0 Å². The van der Waals surface area contributed by atoms with Crippen molar-refractivity contribution in [2.75, 3.05) is 29.9 Å². The lowest BCUT2D eigenvalue weighted by Gasteiger charge is -2.34. The first kappa shape index (κ1) is 26.0. The predicted octanol–water partition coefficient (Wildman–Crippen LogP) is 5.48. The van der Waals surface area contributed by atoms with Crippen molar-refractivity contribution >= 4 is 29.5 Å². The first-order chi connectivity index (χ1) is 18.9. The van der Waals surface area contributed by atoms with Crippen LogP contribution < -0.4 is 19.7 Å². The Morgan fingerprint density at radius 2 is 2.00 bits per heavy atom. The highest BCUT2D eigenvalue weighted by molar-refractivity contribution is 7.98. The maximum Gasteiger partial charge on any atom is 0.265 e. The first-order valence-electron chi connectivity index (χ1n) is 14.1. The molecule has 4 aliphatic rings. The summed E-state index contributed by atoms with van der Waals surface area (Å²) in [6.45, 7) is 7.00. The SMILES string of the molecule is CC1(C)CC2CCCCNc3ccc(cn3)SNC(=O)c3ccc(-n4ccc(OCC5CCC5)n4)nc3N1C2. The van der Waals surface area contributed by atoms with E-state index in [0.29, 0.717) is 41.5 Å². The molecule has 2 fully saturated rings. The highest BCUT2D eigenvalue weighted by Gasteiger charge is 2.40. The maximum atomic E-state index is 13.5. The molecule has 1 saturated heterocycles. The second-order valence-corrected chi connectivity index (χ2v) is 12.5. The zero-order valence-electron chi connectivity index (χ0n) is 22.7. The zero-order chi connectivity index (χ0) is 26.8. The fourth-order valence-corrected chi connectivity index (χ4v) is 6.32. The van der Waals surface area contributed by atoms with Crippen molar-refractivity contribution in [1.82, 2.24) is 24.5 Å². The molecule has 9 nitrogen and oxygen atoms in total. The summed E-state index contributed by atoms with van der Waals surface area (Å²) >= 11 is 1.27. The molecule has 1 atom stereocenters. The number of nitrogens with zero attached hydrogens (tertiary/aromatic N) is 5. The average molecular weight is 548 g/mol. The third-order valence-electron chi connectivity index (χ3n) is 8.15. The quantitative estimate of drug-likeness (QED) is 0.415. The molecular formula is C29H37N7O2S. The predicted molar refractivity (Wildman–Crippen MR) is 154 cm³/mol. The van der Waals surface area contributed by atoms with Gasteiger partial charge in [0.25, 0.3) is 5.91 Å². The summed E-state index contributed by atoms with van der Waals surface area (Å²) in [4.78, 5) is 26.2. The summed E-state index contributed by atoms with van der Waals surface area (Å²) in [6, 6.07) is 9.54. The summed E-state index contributed by atoms with van der Waals surface area (Å²) in [5, 5.41) is 8.04. The highest BCUT2D eigenvalue weighted by Crippen LogP contribution is 2.40. The van der Waals surface area contributed by atoms with E-state index in [-0.39, 0.29) is 11.4 Å². The van der Waals surface area contributed by atoms with Crippen LogP contribution in [0.4, 0.5) is 11.6 Å². The number of nitrogens with one attached hydrogen (secondary N) is 2.